The fourth-order valence-electron chi connectivity index (χ4n) is 2.21. The highest BCUT2D eigenvalue weighted by Gasteiger charge is 2.34. The maximum absolute atomic E-state index is 5.56. The van der Waals surface area contributed by atoms with E-state index in [9.17, 15) is 0 Å². The molecule has 25 heavy (non-hydrogen) atoms. The molecule has 0 spiro atoms. The molecule has 0 heterocycles. The van der Waals surface area contributed by atoms with Crippen LogP contribution in [0.5, 0.6) is 34.5 Å². The average Bonchev–Trinajstić information content (AvgIpc) is 2.67. The first-order valence-electron chi connectivity index (χ1n) is 7.36. The third-order valence-corrected chi connectivity index (χ3v) is 6.70. The number of hydrogen-bond donors (Lipinski definition) is 0. The van der Waals surface area contributed by atoms with Crippen molar-refractivity contribution in [1.82, 2.24) is 0 Å². The summed E-state index contributed by atoms with van der Waals surface area (Å²) in [5.41, 5.74) is 0. The molecule has 0 fully saturated rings. The van der Waals surface area contributed by atoms with Crippen LogP contribution in [0.25, 0.3) is 0 Å². The lowest BCUT2D eigenvalue weighted by Gasteiger charge is -2.11. The highest BCUT2D eigenvalue weighted by molar-refractivity contribution is 5.44. The summed E-state index contributed by atoms with van der Waals surface area (Å²) in [5, 5.41) is 0. The van der Waals surface area contributed by atoms with Crippen LogP contribution in [0.3, 0.4) is 0 Å². The van der Waals surface area contributed by atoms with Gasteiger partial charge in [-0.05, 0) is 0 Å². The minimum Gasteiger partial charge on any atom is -0.496 e. The second-order valence-electron chi connectivity index (χ2n) is 4.79. The standard InChI is InChI=1S/C18H22IO6/c1-20-11-7-13(22-3)17(14(8-11)23-4)19-18-15(24-5)9-12(21-2)10-16(18)25-6/h7-10H,1-6H3/q+1. The number of ether oxygens (including phenoxy) is 6. The van der Waals surface area contributed by atoms with Gasteiger partial charge in [-0.3, -0.25) is 0 Å². The zero-order valence-electron chi connectivity index (χ0n) is 15.1. The maximum Gasteiger partial charge on any atom is 0.374 e. The van der Waals surface area contributed by atoms with Crippen molar-refractivity contribution in [3.63, 3.8) is 0 Å². The Morgan fingerprint density at radius 2 is 0.760 bits per heavy atom. The predicted molar refractivity (Wildman–Crippen MR) is 89.6 cm³/mol. The fourth-order valence-corrected chi connectivity index (χ4v) is 5.31. The molecule has 0 amide bonds. The van der Waals surface area contributed by atoms with Crippen molar-refractivity contribution in [3.8, 4) is 34.5 Å². The summed E-state index contributed by atoms with van der Waals surface area (Å²) in [6.07, 6.45) is 0. The highest BCUT2D eigenvalue weighted by atomic mass is 127. The first-order chi connectivity index (χ1) is 12.1. The molecule has 7 heteroatoms. The van der Waals surface area contributed by atoms with E-state index in [-0.39, 0.29) is 0 Å². The van der Waals surface area contributed by atoms with Crippen LogP contribution in [0, 0.1) is 7.14 Å². The third kappa shape index (κ3) is 4.15. The molecule has 0 radical (unpaired) electrons. The molecule has 0 aliphatic carbocycles. The van der Waals surface area contributed by atoms with Gasteiger partial charge in [0.05, 0.1) is 42.7 Å². The Kier molecular flexibility index (Phi) is 6.86. The zero-order valence-corrected chi connectivity index (χ0v) is 17.3. The molecule has 0 bridgehead atoms. The summed E-state index contributed by atoms with van der Waals surface area (Å²) in [6.45, 7) is 0. The minimum atomic E-state index is -0.731. The lowest BCUT2D eigenvalue weighted by atomic mass is 10.3. The van der Waals surface area contributed by atoms with Gasteiger partial charge in [0.1, 0.15) is 11.5 Å². The van der Waals surface area contributed by atoms with Gasteiger partial charge in [0.2, 0.25) is 0 Å². The Morgan fingerprint density at radius 3 is 0.960 bits per heavy atom. The summed E-state index contributed by atoms with van der Waals surface area (Å²) < 4.78 is 34.8. The average molecular weight is 461 g/mol. The first-order valence-corrected chi connectivity index (χ1v) is 9.52. The summed E-state index contributed by atoms with van der Waals surface area (Å²) in [6, 6.07) is 7.39. The molecule has 0 N–H and O–H groups in total. The van der Waals surface area contributed by atoms with E-state index < -0.39 is 21.2 Å². The monoisotopic (exact) mass is 461 g/mol. The number of hydrogen-bond acceptors (Lipinski definition) is 6. The fraction of sp³-hybridized carbons (Fsp3) is 0.333. The Hall–Kier alpha value is -2.03. The third-order valence-electron chi connectivity index (χ3n) is 3.50. The second kappa shape index (κ2) is 8.89. The number of halogens is 1. The molecule has 0 aliphatic rings. The van der Waals surface area contributed by atoms with E-state index in [0.29, 0.717) is 34.5 Å². The smallest absolute Gasteiger partial charge is 0.374 e. The number of rotatable bonds is 8. The molecule has 0 saturated heterocycles. The SMILES string of the molecule is COc1cc(OC)c([I+]c2c(OC)cc(OC)cc2OC)c(OC)c1. The Bertz CT molecular complexity index is 620. The van der Waals surface area contributed by atoms with Gasteiger partial charge in [-0.15, -0.1) is 0 Å². The van der Waals surface area contributed by atoms with E-state index in [1.54, 1.807) is 42.7 Å². The van der Waals surface area contributed by atoms with Gasteiger partial charge < -0.3 is 28.4 Å². The van der Waals surface area contributed by atoms with Crippen molar-refractivity contribution in [1.29, 1.82) is 0 Å². The van der Waals surface area contributed by atoms with Crippen LogP contribution in [0.15, 0.2) is 24.3 Å². The van der Waals surface area contributed by atoms with E-state index in [1.807, 2.05) is 24.3 Å². The Morgan fingerprint density at radius 1 is 0.480 bits per heavy atom. The Balaban J connectivity index is 2.59. The second-order valence-corrected chi connectivity index (χ2v) is 7.48. The maximum atomic E-state index is 5.56. The quantitative estimate of drug-likeness (QED) is 0.511. The number of benzene rings is 2. The lowest BCUT2D eigenvalue weighted by molar-refractivity contribution is -0.600. The van der Waals surface area contributed by atoms with E-state index in [4.69, 9.17) is 28.4 Å². The van der Waals surface area contributed by atoms with Gasteiger partial charge in [0.15, 0.2) is 23.0 Å². The van der Waals surface area contributed by atoms with Crippen molar-refractivity contribution in [3.05, 3.63) is 31.4 Å². The molecule has 136 valence electrons. The topological polar surface area (TPSA) is 55.4 Å². The molecule has 2 aromatic carbocycles. The molecule has 0 atom stereocenters. The largest absolute Gasteiger partial charge is 0.496 e. The van der Waals surface area contributed by atoms with Gasteiger partial charge in [-0.25, -0.2) is 0 Å². The van der Waals surface area contributed by atoms with Crippen LogP contribution in [-0.2, 0) is 0 Å². The van der Waals surface area contributed by atoms with E-state index in [2.05, 4.69) is 0 Å². The lowest BCUT2D eigenvalue weighted by Crippen LogP contribution is -3.61. The van der Waals surface area contributed by atoms with Gasteiger partial charge in [-0.2, -0.15) is 0 Å². The van der Waals surface area contributed by atoms with Crippen LogP contribution >= 0.6 is 0 Å². The van der Waals surface area contributed by atoms with E-state index in [1.165, 1.54) is 0 Å². The van der Waals surface area contributed by atoms with Crippen LogP contribution in [0.1, 0.15) is 0 Å². The van der Waals surface area contributed by atoms with Gasteiger partial charge in [0.25, 0.3) is 7.14 Å². The molecule has 2 aromatic rings. The molecule has 0 aromatic heterocycles. The highest BCUT2D eigenvalue weighted by Crippen LogP contribution is 2.30. The molecule has 2 rings (SSSR count). The van der Waals surface area contributed by atoms with Gasteiger partial charge in [0, 0.05) is 24.3 Å². The zero-order chi connectivity index (χ0) is 18.4. The number of methoxy groups -OCH3 is 6. The van der Waals surface area contributed by atoms with Crippen LogP contribution < -0.4 is 49.6 Å². The van der Waals surface area contributed by atoms with Gasteiger partial charge >= 0.3 is 21.2 Å². The van der Waals surface area contributed by atoms with Crippen molar-refractivity contribution in [2.75, 3.05) is 42.7 Å². The molecule has 0 saturated carbocycles. The van der Waals surface area contributed by atoms with Crippen molar-refractivity contribution in [2.45, 2.75) is 0 Å². The van der Waals surface area contributed by atoms with Crippen LogP contribution in [0.2, 0.25) is 0 Å². The molecule has 6 nitrogen and oxygen atoms in total. The van der Waals surface area contributed by atoms with Crippen LogP contribution in [0.4, 0.5) is 0 Å². The molecular weight excluding hydrogens is 439 g/mol. The summed E-state index contributed by atoms with van der Waals surface area (Å²) in [4.78, 5) is 0. The Labute approximate surface area is 158 Å². The summed E-state index contributed by atoms with van der Waals surface area (Å²) in [7, 11) is 9.73. The molecule has 0 aliphatic heterocycles. The molecule has 0 unspecified atom stereocenters. The van der Waals surface area contributed by atoms with Crippen molar-refractivity contribution < 1.29 is 49.6 Å². The van der Waals surface area contributed by atoms with Crippen molar-refractivity contribution >= 4 is 0 Å². The van der Waals surface area contributed by atoms with Crippen molar-refractivity contribution in [2.24, 2.45) is 0 Å². The van der Waals surface area contributed by atoms with E-state index in [0.717, 1.165) is 7.14 Å². The summed E-state index contributed by atoms with van der Waals surface area (Å²) >= 11 is -0.731. The van der Waals surface area contributed by atoms with E-state index >= 15 is 0 Å². The normalized spacial score (nSPS) is 10.2. The minimum absolute atomic E-state index is 0.676. The van der Waals surface area contributed by atoms with Crippen LogP contribution in [-0.4, -0.2) is 42.7 Å². The predicted octanol–water partition coefficient (Wildman–Crippen LogP) is -0.133. The molecular formula is C18H22IO6+. The summed E-state index contributed by atoms with van der Waals surface area (Å²) in [5.74, 6) is 4.20. The first kappa shape index (κ1) is 19.3. The van der Waals surface area contributed by atoms with Gasteiger partial charge in [-0.1, -0.05) is 0 Å².